The maximum Gasteiger partial charge on any atom is 0.287 e. The highest BCUT2D eigenvalue weighted by atomic mass is 16.2. The van der Waals surface area contributed by atoms with Gasteiger partial charge in [-0.25, -0.2) is 4.98 Å². The number of aromatic amines is 1. The van der Waals surface area contributed by atoms with Crippen molar-refractivity contribution in [2.75, 3.05) is 18.5 Å². The molecule has 1 heterocycles. The molecule has 0 aliphatic heterocycles. The number of H-pyrrole nitrogens is 1. The van der Waals surface area contributed by atoms with Gasteiger partial charge in [-0.15, -0.1) is 0 Å². The molecule has 128 valence electrons. The highest BCUT2D eigenvalue weighted by Crippen LogP contribution is 2.13. The largest absolute Gasteiger partial charge is 0.370 e. The van der Waals surface area contributed by atoms with Crippen LogP contribution in [0.2, 0.25) is 0 Å². The summed E-state index contributed by atoms with van der Waals surface area (Å²) in [6, 6.07) is 17.0. The molecule has 3 aromatic rings. The SMILES string of the molecule is C[C@H](CNC(=O)c1nc2ccccc2c(=O)[nH]1)N(C)c1ccccc1. The van der Waals surface area contributed by atoms with Crippen molar-refractivity contribution in [2.45, 2.75) is 13.0 Å². The molecule has 6 heteroatoms. The number of fused-ring (bicyclic) bond motifs is 1. The number of carbonyl (C=O) groups is 1. The fraction of sp³-hybridized carbons (Fsp3) is 0.211. The van der Waals surface area contributed by atoms with Crippen LogP contribution in [0.4, 0.5) is 5.69 Å². The van der Waals surface area contributed by atoms with Crippen LogP contribution < -0.4 is 15.8 Å². The standard InChI is InChI=1S/C19H20N4O2/c1-13(23(2)14-8-4-3-5-9-14)12-20-19(25)17-21-16-11-7-6-10-15(16)18(24)22-17/h3-11,13H,12H2,1-2H3,(H,20,25)(H,21,22,24)/t13-/m1/s1. The van der Waals surface area contributed by atoms with Crippen LogP contribution in [0.5, 0.6) is 0 Å². The molecule has 25 heavy (non-hydrogen) atoms. The third-order valence-electron chi connectivity index (χ3n) is 4.21. The van der Waals surface area contributed by atoms with Crippen molar-refractivity contribution in [3.63, 3.8) is 0 Å². The molecule has 1 amide bonds. The van der Waals surface area contributed by atoms with Crippen LogP contribution in [0, 0.1) is 0 Å². The molecule has 0 bridgehead atoms. The maximum atomic E-state index is 12.3. The molecule has 1 atom stereocenters. The van der Waals surface area contributed by atoms with Crippen molar-refractivity contribution in [1.82, 2.24) is 15.3 Å². The van der Waals surface area contributed by atoms with Crippen molar-refractivity contribution in [1.29, 1.82) is 0 Å². The summed E-state index contributed by atoms with van der Waals surface area (Å²) in [5.74, 6) is -0.366. The lowest BCUT2D eigenvalue weighted by molar-refractivity contribution is 0.0941. The van der Waals surface area contributed by atoms with Gasteiger partial charge < -0.3 is 15.2 Å². The van der Waals surface area contributed by atoms with Gasteiger partial charge in [-0.2, -0.15) is 0 Å². The monoisotopic (exact) mass is 336 g/mol. The molecule has 0 saturated heterocycles. The van der Waals surface area contributed by atoms with Gasteiger partial charge in [0.25, 0.3) is 11.5 Å². The van der Waals surface area contributed by atoms with E-state index < -0.39 is 5.91 Å². The second kappa shape index (κ2) is 7.17. The van der Waals surface area contributed by atoms with E-state index in [1.165, 1.54) is 0 Å². The first-order valence-corrected chi connectivity index (χ1v) is 8.11. The van der Waals surface area contributed by atoms with E-state index in [4.69, 9.17) is 0 Å². The summed E-state index contributed by atoms with van der Waals surface area (Å²) in [5.41, 5.74) is 1.26. The van der Waals surface area contributed by atoms with Crippen molar-refractivity contribution in [3.8, 4) is 0 Å². The first-order valence-electron chi connectivity index (χ1n) is 8.11. The molecule has 0 radical (unpaired) electrons. The van der Waals surface area contributed by atoms with Gasteiger partial charge in [-0.3, -0.25) is 9.59 Å². The van der Waals surface area contributed by atoms with E-state index in [0.29, 0.717) is 17.4 Å². The van der Waals surface area contributed by atoms with Crippen LogP contribution in [0.3, 0.4) is 0 Å². The average Bonchev–Trinajstić information content (AvgIpc) is 2.65. The summed E-state index contributed by atoms with van der Waals surface area (Å²) in [7, 11) is 1.97. The number of hydrogen-bond donors (Lipinski definition) is 2. The van der Waals surface area contributed by atoms with Gasteiger partial charge in [-0.05, 0) is 31.2 Å². The Kier molecular flexibility index (Phi) is 4.79. The number of nitrogens with zero attached hydrogens (tertiary/aromatic N) is 2. The number of para-hydroxylation sites is 2. The predicted octanol–water partition coefficient (Wildman–Crippen LogP) is 2.18. The minimum atomic E-state index is -0.392. The first-order chi connectivity index (χ1) is 12.1. The molecule has 3 rings (SSSR count). The molecule has 6 nitrogen and oxygen atoms in total. The van der Waals surface area contributed by atoms with E-state index in [9.17, 15) is 9.59 Å². The number of likely N-dealkylation sites (N-methyl/N-ethyl adjacent to an activating group) is 1. The lowest BCUT2D eigenvalue weighted by Gasteiger charge is -2.27. The summed E-state index contributed by atoms with van der Waals surface area (Å²) >= 11 is 0. The van der Waals surface area contributed by atoms with Crippen molar-refractivity contribution in [3.05, 3.63) is 70.8 Å². The molecule has 2 N–H and O–H groups in total. The molecular formula is C19H20N4O2. The molecule has 0 aliphatic rings. The molecule has 0 fully saturated rings. The van der Waals surface area contributed by atoms with Crippen molar-refractivity contribution < 1.29 is 4.79 Å². The summed E-state index contributed by atoms with van der Waals surface area (Å²) in [6.07, 6.45) is 0. The molecule has 0 unspecified atom stereocenters. The van der Waals surface area contributed by atoms with Crippen LogP contribution >= 0.6 is 0 Å². The van der Waals surface area contributed by atoms with Gasteiger partial charge >= 0.3 is 0 Å². The van der Waals surface area contributed by atoms with Gasteiger partial charge in [0, 0.05) is 25.3 Å². The molecule has 2 aromatic carbocycles. The van der Waals surface area contributed by atoms with Gasteiger partial charge in [-0.1, -0.05) is 30.3 Å². The Bertz CT molecular complexity index is 937. The number of benzene rings is 2. The number of hydrogen-bond acceptors (Lipinski definition) is 4. The number of amides is 1. The summed E-state index contributed by atoms with van der Waals surface area (Å²) in [6.45, 7) is 2.45. The Morgan fingerprint density at radius 1 is 1.16 bits per heavy atom. The second-order valence-electron chi connectivity index (χ2n) is 5.94. The Morgan fingerprint density at radius 3 is 2.60 bits per heavy atom. The lowest BCUT2D eigenvalue weighted by Crippen LogP contribution is -2.41. The van der Waals surface area contributed by atoms with Gasteiger partial charge in [0.05, 0.1) is 10.9 Å². The third kappa shape index (κ3) is 3.68. The van der Waals surface area contributed by atoms with E-state index >= 15 is 0 Å². The van der Waals surface area contributed by atoms with E-state index in [1.54, 1.807) is 24.3 Å². The zero-order valence-electron chi connectivity index (χ0n) is 14.2. The maximum absolute atomic E-state index is 12.3. The van der Waals surface area contributed by atoms with E-state index in [-0.39, 0.29) is 17.4 Å². The average molecular weight is 336 g/mol. The van der Waals surface area contributed by atoms with E-state index in [1.807, 2.05) is 44.3 Å². The number of aromatic nitrogens is 2. The molecule has 0 aliphatic carbocycles. The van der Waals surface area contributed by atoms with Gasteiger partial charge in [0.1, 0.15) is 0 Å². The Morgan fingerprint density at radius 2 is 1.84 bits per heavy atom. The van der Waals surface area contributed by atoms with Crippen molar-refractivity contribution in [2.24, 2.45) is 0 Å². The Hall–Kier alpha value is -3.15. The highest BCUT2D eigenvalue weighted by molar-refractivity contribution is 5.92. The third-order valence-corrected chi connectivity index (χ3v) is 4.21. The smallest absolute Gasteiger partial charge is 0.287 e. The summed E-state index contributed by atoms with van der Waals surface area (Å²) < 4.78 is 0. The zero-order chi connectivity index (χ0) is 17.8. The van der Waals surface area contributed by atoms with E-state index in [0.717, 1.165) is 5.69 Å². The number of carbonyl (C=O) groups excluding carboxylic acids is 1. The second-order valence-corrected chi connectivity index (χ2v) is 5.94. The van der Waals surface area contributed by atoms with E-state index in [2.05, 4.69) is 20.2 Å². The number of anilines is 1. The van der Waals surface area contributed by atoms with Gasteiger partial charge in [0.15, 0.2) is 5.82 Å². The minimum Gasteiger partial charge on any atom is -0.370 e. The number of nitrogens with one attached hydrogen (secondary N) is 2. The topological polar surface area (TPSA) is 78.1 Å². The first kappa shape index (κ1) is 16.7. The fourth-order valence-corrected chi connectivity index (χ4v) is 2.57. The normalized spacial score (nSPS) is 11.9. The molecule has 1 aromatic heterocycles. The lowest BCUT2D eigenvalue weighted by atomic mass is 10.2. The molecular weight excluding hydrogens is 316 g/mol. The molecule has 0 saturated carbocycles. The van der Waals surface area contributed by atoms with Crippen molar-refractivity contribution >= 4 is 22.5 Å². The summed E-state index contributed by atoms with van der Waals surface area (Å²) in [4.78, 5) is 33.3. The highest BCUT2D eigenvalue weighted by Gasteiger charge is 2.14. The fourth-order valence-electron chi connectivity index (χ4n) is 2.57. The predicted molar refractivity (Wildman–Crippen MR) is 99.0 cm³/mol. The van der Waals surface area contributed by atoms with Crippen LogP contribution in [0.15, 0.2) is 59.4 Å². The Labute approximate surface area is 145 Å². The molecule has 0 spiro atoms. The van der Waals surface area contributed by atoms with Crippen LogP contribution in [0.25, 0.3) is 10.9 Å². The van der Waals surface area contributed by atoms with Crippen LogP contribution in [-0.2, 0) is 0 Å². The number of rotatable bonds is 5. The quantitative estimate of drug-likeness (QED) is 0.748. The van der Waals surface area contributed by atoms with Crippen LogP contribution in [-0.4, -0.2) is 35.5 Å². The van der Waals surface area contributed by atoms with Gasteiger partial charge in [0.2, 0.25) is 0 Å². The zero-order valence-corrected chi connectivity index (χ0v) is 14.2. The summed E-state index contributed by atoms with van der Waals surface area (Å²) in [5, 5.41) is 3.30. The van der Waals surface area contributed by atoms with Crippen LogP contribution in [0.1, 0.15) is 17.5 Å². The Balaban J connectivity index is 1.69. The minimum absolute atomic E-state index is 0.0262.